The second-order valence-electron chi connectivity index (χ2n) is 4.63. The summed E-state index contributed by atoms with van der Waals surface area (Å²) in [6, 6.07) is 0. The minimum absolute atomic E-state index is 0.0270. The van der Waals surface area contributed by atoms with E-state index in [2.05, 4.69) is 24.0 Å². The lowest BCUT2D eigenvalue weighted by Gasteiger charge is -2.12. The molecule has 1 aromatic heterocycles. The molecule has 20 heavy (non-hydrogen) atoms. The normalized spacial score (nSPS) is 11.2. The first-order valence-electron chi connectivity index (χ1n) is 6.38. The van der Waals surface area contributed by atoms with Gasteiger partial charge in [0.25, 0.3) is 0 Å². The Balaban J connectivity index is 2.69. The maximum absolute atomic E-state index is 10.6. The number of carboxylic acids is 1. The Labute approximate surface area is 122 Å². The molecule has 0 amide bonds. The fourth-order valence-corrected chi connectivity index (χ4v) is 2.20. The highest BCUT2D eigenvalue weighted by atomic mass is 32.2. The van der Waals surface area contributed by atoms with E-state index in [4.69, 9.17) is 14.6 Å². The third kappa shape index (κ3) is 5.89. The molecule has 0 spiro atoms. The lowest BCUT2D eigenvalue weighted by molar-refractivity contribution is -0.133. The molecule has 0 bridgehead atoms. The zero-order chi connectivity index (χ0) is 15.0. The SMILES string of the molecule is COCCOCc1nnc(SCC(=O)O)n1CC(C)C. The molecule has 0 saturated carbocycles. The minimum atomic E-state index is -0.869. The van der Waals surface area contributed by atoms with Crippen molar-refractivity contribution in [3.8, 4) is 0 Å². The maximum Gasteiger partial charge on any atom is 0.313 e. The van der Waals surface area contributed by atoms with Gasteiger partial charge < -0.3 is 19.1 Å². The van der Waals surface area contributed by atoms with Crippen LogP contribution in [0, 0.1) is 5.92 Å². The Kier molecular flexibility index (Phi) is 7.56. The lowest BCUT2D eigenvalue weighted by Crippen LogP contribution is -2.12. The molecule has 7 nitrogen and oxygen atoms in total. The number of nitrogens with zero attached hydrogens (tertiary/aromatic N) is 3. The maximum atomic E-state index is 10.6. The van der Waals surface area contributed by atoms with E-state index in [0.717, 1.165) is 6.54 Å². The summed E-state index contributed by atoms with van der Waals surface area (Å²) in [4.78, 5) is 10.6. The molecule has 1 rings (SSSR count). The third-order valence-corrected chi connectivity index (χ3v) is 3.28. The molecule has 0 radical (unpaired) electrons. The van der Waals surface area contributed by atoms with Crippen molar-refractivity contribution in [1.29, 1.82) is 0 Å². The Morgan fingerprint density at radius 2 is 2.15 bits per heavy atom. The van der Waals surface area contributed by atoms with Gasteiger partial charge in [-0.05, 0) is 5.92 Å². The zero-order valence-electron chi connectivity index (χ0n) is 12.0. The molecule has 8 heteroatoms. The molecule has 1 N–H and O–H groups in total. The first kappa shape index (κ1) is 16.9. The second-order valence-corrected chi connectivity index (χ2v) is 5.57. The molecular weight excluding hydrogens is 282 g/mol. The van der Waals surface area contributed by atoms with Crippen LogP contribution in [0.3, 0.4) is 0 Å². The first-order chi connectivity index (χ1) is 9.54. The number of hydrogen-bond donors (Lipinski definition) is 1. The van der Waals surface area contributed by atoms with Crippen molar-refractivity contribution in [1.82, 2.24) is 14.8 Å². The lowest BCUT2D eigenvalue weighted by atomic mass is 10.2. The number of methoxy groups -OCH3 is 1. The van der Waals surface area contributed by atoms with Crippen molar-refractivity contribution in [2.75, 3.05) is 26.1 Å². The Morgan fingerprint density at radius 1 is 1.40 bits per heavy atom. The summed E-state index contributed by atoms with van der Waals surface area (Å²) in [5.41, 5.74) is 0. The number of aromatic nitrogens is 3. The average molecular weight is 303 g/mol. The largest absolute Gasteiger partial charge is 0.481 e. The molecule has 0 aliphatic heterocycles. The number of aliphatic carboxylic acids is 1. The van der Waals surface area contributed by atoms with Crippen molar-refractivity contribution in [2.24, 2.45) is 5.92 Å². The van der Waals surface area contributed by atoms with Gasteiger partial charge in [-0.25, -0.2) is 0 Å². The summed E-state index contributed by atoms with van der Waals surface area (Å²) in [5.74, 6) is 0.225. The Hall–Kier alpha value is -1.12. The number of hydrogen-bond acceptors (Lipinski definition) is 6. The first-order valence-corrected chi connectivity index (χ1v) is 7.36. The van der Waals surface area contributed by atoms with Gasteiger partial charge in [0, 0.05) is 13.7 Å². The topological polar surface area (TPSA) is 86.5 Å². The molecule has 0 aliphatic rings. The van der Waals surface area contributed by atoms with E-state index in [1.807, 2.05) is 4.57 Å². The van der Waals surface area contributed by atoms with E-state index in [-0.39, 0.29) is 5.75 Å². The van der Waals surface area contributed by atoms with Crippen LogP contribution in [0.1, 0.15) is 19.7 Å². The van der Waals surface area contributed by atoms with Crippen LogP contribution in [0.15, 0.2) is 5.16 Å². The monoisotopic (exact) mass is 303 g/mol. The molecule has 0 aliphatic carbocycles. The van der Waals surface area contributed by atoms with Gasteiger partial charge in [0.1, 0.15) is 6.61 Å². The number of ether oxygens (including phenoxy) is 2. The van der Waals surface area contributed by atoms with Crippen LogP contribution in [0.5, 0.6) is 0 Å². The molecule has 0 fully saturated rings. The van der Waals surface area contributed by atoms with Gasteiger partial charge in [-0.1, -0.05) is 25.6 Å². The van der Waals surface area contributed by atoms with Crippen molar-refractivity contribution in [3.05, 3.63) is 5.82 Å². The van der Waals surface area contributed by atoms with E-state index in [1.165, 1.54) is 11.8 Å². The van der Waals surface area contributed by atoms with E-state index in [0.29, 0.717) is 36.7 Å². The fourth-order valence-electron chi connectivity index (χ4n) is 1.51. The van der Waals surface area contributed by atoms with Gasteiger partial charge >= 0.3 is 5.97 Å². The summed E-state index contributed by atoms with van der Waals surface area (Å²) in [5, 5.41) is 17.5. The van der Waals surface area contributed by atoms with Gasteiger partial charge in [-0.2, -0.15) is 0 Å². The van der Waals surface area contributed by atoms with Crippen LogP contribution < -0.4 is 0 Å². The molecule has 0 aromatic carbocycles. The summed E-state index contributed by atoms with van der Waals surface area (Å²) >= 11 is 1.17. The third-order valence-electron chi connectivity index (χ3n) is 2.33. The van der Waals surface area contributed by atoms with Gasteiger partial charge in [0.15, 0.2) is 11.0 Å². The number of rotatable bonds is 10. The smallest absolute Gasteiger partial charge is 0.313 e. The van der Waals surface area contributed by atoms with Crippen molar-refractivity contribution in [3.63, 3.8) is 0 Å². The minimum Gasteiger partial charge on any atom is -0.481 e. The summed E-state index contributed by atoms with van der Waals surface area (Å²) in [6.07, 6.45) is 0. The molecule has 0 unspecified atom stereocenters. The standard InChI is InChI=1S/C12H21N3O4S/c1-9(2)6-15-10(7-19-5-4-18-3)13-14-12(15)20-8-11(16)17/h9H,4-8H2,1-3H3,(H,16,17). The molecule has 1 aromatic rings. The van der Waals surface area contributed by atoms with Gasteiger partial charge in [-0.3, -0.25) is 4.79 Å². The molecule has 114 valence electrons. The number of carbonyl (C=O) groups is 1. The quantitative estimate of drug-likeness (QED) is 0.514. The van der Waals surface area contributed by atoms with Crippen LogP contribution in [0.4, 0.5) is 0 Å². The van der Waals surface area contributed by atoms with Crippen LogP contribution in [-0.4, -0.2) is 51.9 Å². The number of thioether (sulfide) groups is 1. The van der Waals surface area contributed by atoms with Crippen LogP contribution in [-0.2, 0) is 27.4 Å². The Bertz CT molecular complexity index is 423. The summed E-state index contributed by atoms with van der Waals surface area (Å²) in [6.45, 7) is 6.26. The summed E-state index contributed by atoms with van der Waals surface area (Å²) in [7, 11) is 1.62. The second kappa shape index (κ2) is 8.93. The van der Waals surface area contributed by atoms with Crippen molar-refractivity contribution >= 4 is 17.7 Å². The fraction of sp³-hybridized carbons (Fsp3) is 0.750. The van der Waals surface area contributed by atoms with E-state index in [1.54, 1.807) is 7.11 Å². The van der Waals surface area contributed by atoms with Gasteiger partial charge in [0.2, 0.25) is 0 Å². The molecule has 0 saturated heterocycles. The number of carboxylic acid groups (broad SMARTS) is 1. The predicted octanol–water partition coefficient (Wildman–Crippen LogP) is 1.27. The van der Waals surface area contributed by atoms with E-state index in [9.17, 15) is 4.79 Å². The van der Waals surface area contributed by atoms with Crippen LogP contribution in [0.2, 0.25) is 0 Å². The molecular formula is C12H21N3O4S. The highest BCUT2D eigenvalue weighted by Gasteiger charge is 2.15. The predicted molar refractivity (Wildman–Crippen MR) is 74.8 cm³/mol. The van der Waals surface area contributed by atoms with Crippen molar-refractivity contribution < 1.29 is 19.4 Å². The van der Waals surface area contributed by atoms with E-state index >= 15 is 0 Å². The van der Waals surface area contributed by atoms with Crippen molar-refractivity contribution in [2.45, 2.75) is 32.2 Å². The van der Waals surface area contributed by atoms with Crippen LogP contribution in [0.25, 0.3) is 0 Å². The Morgan fingerprint density at radius 3 is 2.75 bits per heavy atom. The van der Waals surface area contributed by atoms with E-state index < -0.39 is 5.97 Å². The molecule has 1 heterocycles. The van der Waals surface area contributed by atoms with Crippen LogP contribution >= 0.6 is 11.8 Å². The zero-order valence-corrected chi connectivity index (χ0v) is 12.9. The summed E-state index contributed by atoms with van der Waals surface area (Å²) < 4.78 is 12.3. The average Bonchev–Trinajstić information content (AvgIpc) is 2.74. The molecule has 0 atom stereocenters. The highest BCUT2D eigenvalue weighted by Crippen LogP contribution is 2.19. The van der Waals surface area contributed by atoms with Gasteiger partial charge in [-0.15, -0.1) is 10.2 Å². The highest BCUT2D eigenvalue weighted by molar-refractivity contribution is 7.99. The van der Waals surface area contributed by atoms with Gasteiger partial charge in [0.05, 0.1) is 19.0 Å².